The molecule has 136 valence electrons. The lowest BCUT2D eigenvalue weighted by Crippen LogP contribution is -1.95. The van der Waals surface area contributed by atoms with Gasteiger partial charge in [0.1, 0.15) is 11.5 Å². The Morgan fingerprint density at radius 2 is 1.46 bits per heavy atom. The fourth-order valence-corrected chi connectivity index (χ4v) is 4.14. The molecular weight excluding hydrogens is 370 g/mol. The summed E-state index contributed by atoms with van der Waals surface area (Å²) < 4.78 is 0. The van der Waals surface area contributed by atoms with Gasteiger partial charge in [0.25, 0.3) is 0 Å². The van der Waals surface area contributed by atoms with E-state index >= 15 is 0 Å². The Bertz CT molecular complexity index is 1230. The molecule has 0 saturated heterocycles. The summed E-state index contributed by atoms with van der Waals surface area (Å²) in [6.07, 6.45) is 0.674. The molecular formula is C24H16ClNO2. The second kappa shape index (κ2) is 6.39. The lowest BCUT2D eigenvalue weighted by Gasteiger charge is -2.14. The summed E-state index contributed by atoms with van der Waals surface area (Å²) in [5, 5.41) is 21.5. The molecule has 0 bridgehead atoms. The largest absolute Gasteiger partial charge is 0.507 e. The molecule has 28 heavy (non-hydrogen) atoms. The van der Waals surface area contributed by atoms with Gasteiger partial charge in [-0.1, -0.05) is 54.1 Å². The molecule has 0 amide bonds. The van der Waals surface area contributed by atoms with Gasteiger partial charge in [-0.2, -0.15) is 0 Å². The molecule has 4 heteroatoms. The third-order valence-corrected chi connectivity index (χ3v) is 5.53. The first-order chi connectivity index (χ1) is 13.6. The Labute approximate surface area is 167 Å². The van der Waals surface area contributed by atoms with Crippen LogP contribution in [0.1, 0.15) is 11.1 Å². The van der Waals surface area contributed by atoms with Crippen molar-refractivity contribution in [2.24, 2.45) is 0 Å². The molecule has 1 aromatic heterocycles. The van der Waals surface area contributed by atoms with Crippen LogP contribution in [-0.2, 0) is 6.42 Å². The average molecular weight is 386 g/mol. The Balaban J connectivity index is 1.85. The van der Waals surface area contributed by atoms with Gasteiger partial charge in [0.05, 0.1) is 11.4 Å². The number of fused-ring (bicyclic) bond motifs is 3. The number of aromatic hydroxyl groups is 2. The summed E-state index contributed by atoms with van der Waals surface area (Å²) in [6, 6.07) is 22.3. The average Bonchev–Trinajstić information content (AvgIpc) is 3.08. The lowest BCUT2D eigenvalue weighted by molar-refractivity contribution is 0.477. The van der Waals surface area contributed by atoms with Crippen LogP contribution in [0.4, 0.5) is 0 Å². The van der Waals surface area contributed by atoms with Crippen molar-refractivity contribution in [1.82, 2.24) is 4.98 Å². The van der Waals surface area contributed by atoms with E-state index in [-0.39, 0.29) is 11.5 Å². The van der Waals surface area contributed by atoms with Crippen LogP contribution in [0.2, 0.25) is 5.02 Å². The minimum absolute atomic E-state index is 0.163. The van der Waals surface area contributed by atoms with Crippen molar-refractivity contribution in [2.45, 2.75) is 6.42 Å². The maximum absolute atomic E-state index is 10.5. The van der Waals surface area contributed by atoms with Crippen molar-refractivity contribution in [3.8, 4) is 45.1 Å². The van der Waals surface area contributed by atoms with Gasteiger partial charge in [-0.05, 0) is 47.0 Å². The SMILES string of the molecule is Oc1ccccc1-c1cc(-c2ccccc2Cl)c2c(n1)-c1c(O)cccc1C2. The van der Waals surface area contributed by atoms with Crippen LogP contribution in [0.25, 0.3) is 33.6 Å². The normalized spacial score (nSPS) is 11.9. The molecule has 4 aromatic rings. The van der Waals surface area contributed by atoms with E-state index in [9.17, 15) is 10.2 Å². The molecule has 1 heterocycles. The maximum Gasteiger partial charge on any atom is 0.125 e. The highest BCUT2D eigenvalue weighted by Crippen LogP contribution is 2.47. The zero-order valence-electron chi connectivity index (χ0n) is 14.9. The minimum Gasteiger partial charge on any atom is -0.507 e. The highest BCUT2D eigenvalue weighted by molar-refractivity contribution is 6.33. The molecule has 0 spiro atoms. The van der Waals surface area contributed by atoms with Crippen molar-refractivity contribution in [2.75, 3.05) is 0 Å². The minimum atomic E-state index is 0.163. The smallest absolute Gasteiger partial charge is 0.125 e. The Morgan fingerprint density at radius 1 is 0.750 bits per heavy atom. The van der Waals surface area contributed by atoms with Gasteiger partial charge in [-0.3, -0.25) is 0 Å². The number of halogens is 1. The summed E-state index contributed by atoms with van der Waals surface area (Å²) in [6.45, 7) is 0. The third-order valence-electron chi connectivity index (χ3n) is 5.20. The lowest BCUT2D eigenvalue weighted by atomic mass is 9.96. The zero-order chi connectivity index (χ0) is 19.3. The van der Waals surface area contributed by atoms with E-state index in [0.29, 0.717) is 22.7 Å². The highest BCUT2D eigenvalue weighted by atomic mass is 35.5. The van der Waals surface area contributed by atoms with Crippen LogP contribution < -0.4 is 0 Å². The zero-order valence-corrected chi connectivity index (χ0v) is 15.6. The standard InChI is InChI=1S/C24H16ClNO2/c25-19-9-3-1-7-15(19)17-13-20(16-8-2-4-10-21(16)27)26-24-18(17)12-14-6-5-11-22(28)23(14)24/h1-11,13,27-28H,12H2. The quantitative estimate of drug-likeness (QED) is 0.389. The van der Waals surface area contributed by atoms with E-state index in [1.54, 1.807) is 18.2 Å². The monoisotopic (exact) mass is 385 g/mol. The number of phenolic OH excluding ortho intramolecular Hbond substituents is 2. The number of phenols is 2. The molecule has 5 rings (SSSR count). The number of pyridine rings is 1. The second-order valence-electron chi connectivity index (χ2n) is 6.87. The third kappa shape index (κ3) is 2.55. The van der Waals surface area contributed by atoms with Crippen molar-refractivity contribution >= 4 is 11.6 Å². The van der Waals surface area contributed by atoms with E-state index in [2.05, 4.69) is 0 Å². The van der Waals surface area contributed by atoms with E-state index < -0.39 is 0 Å². The number of para-hydroxylation sites is 1. The molecule has 0 unspecified atom stereocenters. The number of aromatic nitrogens is 1. The van der Waals surface area contributed by atoms with E-state index in [4.69, 9.17) is 16.6 Å². The van der Waals surface area contributed by atoms with Crippen molar-refractivity contribution in [1.29, 1.82) is 0 Å². The van der Waals surface area contributed by atoms with Gasteiger partial charge in [-0.25, -0.2) is 4.98 Å². The summed E-state index contributed by atoms with van der Waals surface area (Å²) >= 11 is 6.51. The molecule has 0 fully saturated rings. The highest BCUT2D eigenvalue weighted by Gasteiger charge is 2.27. The van der Waals surface area contributed by atoms with E-state index in [0.717, 1.165) is 33.5 Å². The van der Waals surface area contributed by atoms with Gasteiger partial charge >= 0.3 is 0 Å². The first kappa shape index (κ1) is 16.8. The fraction of sp³-hybridized carbons (Fsp3) is 0.0417. The van der Waals surface area contributed by atoms with Gasteiger partial charge in [0, 0.05) is 28.1 Å². The Morgan fingerprint density at radius 3 is 2.25 bits per heavy atom. The van der Waals surface area contributed by atoms with Crippen molar-refractivity contribution in [3.63, 3.8) is 0 Å². The summed E-state index contributed by atoms with van der Waals surface area (Å²) in [5.74, 6) is 0.374. The van der Waals surface area contributed by atoms with Crippen LogP contribution in [0.15, 0.2) is 72.8 Å². The van der Waals surface area contributed by atoms with Crippen LogP contribution >= 0.6 is 11.6 Å². The van der Waals surface area contributed by atoms with E-state index in [1.807, 2.05) is 54.6 Å². The van der Waals surface area contributed by atoms with E-state index in [1.165, 1.54) is 0 Å². The van der Waals surface area contributed by atoms with Gasteiger partial charge in [0.15, 0.2) is 0 Å². The van der Waals surface area contributed by atoms with Gasteiger partial charge in [0.2, 0.25) is 0 Å². The molecule has 0 saturated carbocycles. The Hall–Kier alpha value is -3.30. The molecule has 0 atom stereocenters. The molecule has 0 aliphatic heterocycles. The van der Waals surface area contributed by atoms with Crippen molar-refractivity contribution in [3.05, 3.63) is 88.9 Å². The number of rotatable bonds is 2. The summed E-state index contributed by atoms with van der Waals surface area (Å²) in [5.41, 5.74) is 6.71. The van der Waals surface area contributed by atoms with Crippen molar-refractivity contribution < 1.29 is 10.2 Å². The van der Waals surface area contributed by atoms with Crippen LogP contribution in [-0.4, -0.2) is 15.2 Å². The molecule has 0 radical (unpaired) electrons. The Kier molecular flexibility index (Phi) is 3.85. The maximum atomic E-state index is 10.5. The fourth-order valence-electron chi connectivity index (χ4n) is 3.90. The summed E-state index contributed by atoms with van der Waals surface area (Å²) in [4.78, 5) is 4.84. The van der Waals surface area contributed by atoms with Crippen LogP contribution in [0, 0.1) is 0 Å². The van der Waals surface area contributed by atoms with Crippen LogP contribution in [0.3, 0.4) is 0 Å². The molecule has 1 aliphatic rings. The first-order valence-electron chi connectivity index (χ1n) is 9.02. The van der Waals surface area contributed by atoms with Gasteiger partial charge in [-0.15, -0.1) is 0 Å². The number of hydrogen-bond acceptors (Lipinski definition) is 3. The van der Waals surface area contributed by atoms with Gasteiger partial charge < -0.3 is 10.2 Å². The number of benzene rings is 3. The summed E-state index contributed by atoms with van der Waals surface area (Å²) in [7, 11) is 0. The molecule has 2 N–H and O–H groups in total. The predicted molar refractivity (Wildman–Crippen MR) is 112 cm³/mol. The molecule has 3 nitrogen and oxygen atoms in total. The second-order valence-corrected chi connectivity index (χ2v) is 7.27. The predicted octanol–water partition coefficient (Wildman–Crippen LogP) is 6.05. The molecule has 1 aliphatic carbocycles. The number of nitrogens with zero attached hydrogens (tertiary/aromatic N) is 1. The topological polar surface area (TPSA) is 53.4 Å². The number of hydrogen-bond donors (Lipinski definition) is 2. The van der Waals surface area contributed by atoms with Crippen LogP contribution in [0.5, 0.6) is 11.5 Å². The first-order valence-corrected chi connectivity index (χ1v) is 9.39. The molecule has 3 aromatic carbocycles.